The molecule has 0 unspecified atom stereocenters. The van der Waals surface area contributed by atoms with Gasteiger partial charge in [0.1, 0.15) is 0 Å². The summed E-state index contributed by atoms with van der Waals surface area (Å²) in [5.41, 5.74) is 1.21. The lowest BCUT2D eigenvalue weighted by Crippen LogP contribution is -2.38. The van der Waals surface area contributed by atoms with Gasteiger partial charge in [-0.05, 0) is 44.8 Å². The highest BCUT2D eigenvalue weighted by molar-refractivity contribution is 7.99. The van der Waals surface area contributed by atoms with E-state index in [1.54, 1.807) is 0 Å². The molecule has 0 aliphatic carbocycles. The van der Waals surface area contributed by atoms with Gasteiger partial charge in [0.2, 0.25) is 5.91 Å². The summed E-state index contributed by atoms with van der Waals surface area (Å²) in [6.45, 7) is 6.90. The van der Waals surface area contributed by atoms with Gasteiger partial charge < -0.3 is 9.47 Å². The molecule has 1 aromatic heterocycles. The summed E-state index contributed by atoms with van der Waals surface area (Å²) in [7, 11) is 4.15. The van der Waals surface area contributed by atoms with Crippen LogP contribution in [-0.4, -0.2) is 63.4 Å². The summed E-state index contributed by atoms with van der Waals surface area (Å²) in [4.78, 5) is 16.9. The first kappa shape index (κ1) is 21.8. The first-order chi connectivity index (χ1) is 14.0. The molecule has 158 valence electrons. The average Bonchev–Trinajstić information content (AvgIpc) is 3.10. The predicted octanol–water partition coefficient (Wildman–Crippen LogP) is 3.69. The Labute approximate surface area is 178 Å². The van der Waals surface area contributed by atoms with Crippen LogP contribution in [0.15, 0.2) is 35.5 Å². The molecule has 2 heterocycles. The molecule has 0 saturated carbocycles. The minimum Gasteiger partial charge on any atom is -0.342 e. The molecule has 0 radical (unpaired) electrons. The van der Waals surface area contributed by atoms with Crippen molar-refractivity contribution in [3.8, 4) is 0 Å². The summed E-state index contributed by atoms with van der Waals surface area (Å²) >= 11 is 1.51. The van der Waals surface area contributed by atoms with Gasteiger partial charge in [0.15, 0.2) is 11.0 Å². The first-order valence-corrected chi connectivity index (χ1v) is 11.5. The molecule has 7 heteroatoms. The fourth-order valence-electron chi connectivity index (χ4n) is 3.82. The van der Waals surface area contributed by atoms with E-state index in [-0.39, 0.29) is 11.9 Å². The molecule has 3 rings (SSSR count). The molecule has 0 spiro atoms. The normalized spacial score (nSPS) is 16.4. The Bertz CT molecular complexity index is 784. The van der Waals surface area contributed by atoms with Crippen LogP contribution in [0.4, 0.5) is 0 Å². The number of likely N-dealkylation sites (tertiary alicyclic amines) is 1. The Balaban J connectivity index is 1.76. The van der Waals surface area contributed by atoms with Crippen LogP contribution in [0.3, 0.4) is 0 Å². The third kappa shape index (κ3) is 5.60. The van der Waals surface area contributed by atoms with Gasteiger partial charge in [-0.15, -0.1) is 10.2 Å². The van der Waals surface area contributed by atoms with Gasteiger partial charge in [-0.2, -0.15) is 0 Å². The molecule has 1 fully saturated rings. The van der Waals surface area contributed by atoms with Crippen molar-refractivity contribution < 1.29 is 4.79 Å². The molecule has 0 N–H and O–H groups in total. The summed E-state index contributed by atoms with van der Waals surface area (Å²) in [6.07, 6.45) is 3.16. The lowest BCUT2D eigenvalue weighted by molar-refractivity contribution is -0.129. The molecule has 1 atom stereocenters. The second kappa shape index (κ2) is 10.3. The Kier molecular flexibility index (Phi) is 7.72. The maximum atomic E-state index is 12.7. The van der Waals surface area contributed by atoms with Gasteiger partial charge in [0.25, 0.3) is 0 Å². The highest BCUT2D eigenvalue weighted by Crippen LogP contribution is 2.27. The number of thioether (sulfide) groups is 1. The van der Waals surface area contributed by atoms with Crippen molar-refractivity contribution in [3.05, 3.63) is 41.7 Å². The quantitative estimate of drug-likeness (QED) is 0.616. The molecular formula is C22H33N5OS. The van der Waals surface area contributed by atoms with Crippen LogP contribution in [-0.2, 0) is 11.3 Å². The number of aromatic nitrogens is 3. The number of piperidine rings is 1. The highest BCUT2D eigenvalue weighted by Gasteiger charge is 2.24. The lowest BCUT2D eigenvalue weighted by Gasteiger charge is -2.30. The van der Waals surface area contributed by atoms with Crippen LogP contribution >= 0.6 is 11.8 Å². The second-order valence-corrected chi connectivity index (χ2v) is 9.09. The second-order valence-electron chi connectivity index (χ2n) is 8.15. The zero-order valence-electron chi connectivity index (χ0n) is 18.0. The number of hydrogen-bond donors (Lipinski definition) is 0. The van der Waals surface area contributed by atoms with E-state index in [2.05, 4.69) is 71.9 Å². The Morgan fingerprint density at radius 3 is 2.52 bits per heavy atom. The van der Waals surface area contributed by atoms with Gasteiger partial charge in [-0.25, -0.2) is 0 Å². The third-order valence-corrected chi connectivity index (χ3v) is 6.65. The maximum Gasteiger partial charge on any atom is 0.233 e. The van der Waals surface area contributed by atoms with Crippen molar-refractivity contribution in [2.24, 2.45) is 5.92 Å². The van der Waals surface area contributed by atoms with Crippen molar-refractivity contribution in [2.45, 2.75) is 50.9 Å². The Morgan fingerprint density at radius 1 is 1.21 bits per heavy atom. The van der Waals surface area contributed by atoms with Crippen LogP contribution in [0.1, 0.15) is 50.5 Å². The first-order valence-electron chi connectivity index (χ1n) is 10.5. The minimum absolute atomic E-state index is 0.194. The van der Waals surface area contributed by atoms with Crippen molar-refractivity contribution in [1.29, 1.82) is 0 Å². The van der Waals surface area contributed by atoms with E-state index >= 15 is 0 Å². The van der Waals surface area contributed by atoms with E-state index in [4.69, 9.17) is 0 Å². The average molecular weight is 416 g/mol. The van der Waals surface area contributed by atoms with Crippen LogP contribution in [0.5, 0.6) is 0 Å². The fourth-order valence-corrected chi connectivity index (χ4v) is 4.67. The summed E-state index contributed by atoms with van der Waals surface area (Å²) < 4.78 is 2.18. The zero-order valence-corrected chi connectivity index (χ0v) is 18.9. The van der Waals surface area contributed by atoms with Gasteiger partial charge in [-0.3, -0.25) is 9.69 Å². The molecule has 1 amide bonds. The Hall–Kier alpha value is -1.86. The molecule has 1 aromatic carbocycles. The molecule has 6 nitrogen and oxygen atoms in total. The minimum atomic E-state index is 0.194. The van der Waals surface area contributed by atoms with E-state index in [0.717, 1.165) is 49.3 Å². The number of carbonyl (C=O) groups is 1. The number of rotatable bonds is 8. The van der Waals surface area contributed by atoms with E-state index < -0.39 is 0 Å². The zero-order chi connectivity index (χ0) is 20.8. The van der Waals surface area contributed by atoms with E-state index in [0.29, 0.717) is 12.3 Å². The van der Waals surface area contributed by atoms with Crippen molar-refractivity contribution in [2.75, 3.05) is 32.9 Å². The smallest absolute Gasteiger partial charge is 0.233 e. The third-order valence-electron chi connectivity index (χ3n) is 5.70. The number of nitrogens with zero attached hydrogens (tertiary/aromatic N) is 5. The molecule has 0 bridgehead atoms. The van der Waals surface area contributed by atoms with Crippen molar-refractivity contribution in [3.63, 3.8) is 0 Å². The highest BCUT2D eigenvalue weighted by atomic mass is 32.2. The number of benzene rings is 1. The SMILES string of the molecule is CC[C@@H](c1nnc(SCC(=O)N2CCC(C)CC2)n1Cc1ccccc1)N(C)C. The van der Waals surface area contributed by atoms with E-state index in [9.17, 15) is 4.79 Å². The standard InChI is InChI=1S/C22H33N5OS/c1-5-19(25(3)4)21-23-24-22(27(21)15-18-9-7-6-8-10-18)29-16-20(28)26-13-11-17(2)12-14-26/h6-10,17,19H,5,11-16H2,1-4H3/t19-/m0/s1. The molecular weight excluding hydrogens is 382 g/mol. The van der Waals surface area contributed by atoms with Crippen molar-refractivity contribution >= 4 is 17.7 Å². The van der Waals surface area contributed by atoms with Gasteiger partial charge >= 0.3 is 0 Å². The fraction of sp³-hybridized carbons (Fsp3) is 0.591. The Morgan fingerprint density at radius 2 is 1.90 bits per heavy atom. The van der Waals surface area contributed by atoms with Crippen LogP contribution in [0, 0.1) is 5.92 Å². The van der Waals surface area contributed by atoms with Crippen LogP contribution < -0.4 is 0 Å². The van der Waals surface area contributed by atoms with E-state index in [1.165, 1.54) is 17.3 Å². The van der Waals surface area contributed by atoms with E-state index in [1.807, 2.05) is 11.0 Å². The van der Waals surface area contributed by atoms with Gasteiger partial charge in [-0.1, -0.05) is 55.9 Å². The number of amides is 1. The molecule has 29 heavy (non-hydrogen) atoms. The monoisotopic (exact) mass is 415 g/mol. The van der Waals surface area contributed by atoms with Gasteiger partial charge in [0.05, 0.1) is 18.3 Å². The summed E-state index contributed by atoms with van der Waals surface area (Å²) in [5, 5.41) is 9.82. The molecule has 1 saturated heterocycles. The topological polar surface area (TPSA) is 54.3 Å². The maximum absolute atomic E-state index is 12.7. The lowest BCUT2D eigenvalue weighted by atomic mass is 9.99. The molecule has 1 aliphatic rings. The van der Waals surface area contributed by atoms with Crippen LogP contribution in [0.2, 0.25) is 0 Å². The van der Waals surface area contributed by atoms with Crippen LogP contribution in [0.25, 0.3) is 0 Å². The molecule has 1 aliphatic heterocycles. The summed E-state index contributed by atoms with van der Waals surface area (Å²) in [6, 6.07) is 10.6. The van der Waals surface area contributed by atoms with Crippen molar-refractivity contribution in [1.82, 2.24) is 24.6 Å². The van der Waals surface area contributed by atoms with Gasteiger partial charge in [0, 0.05) is 13.1 Å². The largest absolute Gasteiger partial charge is 0.342 e. The number of carbonyl (C=O) groups excluding carboxylic acids is 1. The predicted molar refractivity (Wildman–Crippen MR) is 118 cm³/mol. The summed E-state index contributed by atoms with van der Waals surface area (Å²) in [5.74, 6) is 2.31. The number of hydrogen-bond acceptors (Lipinski definition) is 5. The molecule has 2 aromatic rings.